The van der Waals surface area contributed by atoms with Crippen LogP contribution in [0.15, 0.2) is 28.7 Å². The van der Waals surface area contributed by atoms with Crippen LogP contribution >= 0.6 is 23.8 Å². The summed E-state index contributed by atoms with van der Waals surface area (Å²) in [6.07, 6.45) is 0. The molecule has 1 aromatic carbocycles. The van der Waals surface area contributed by atoms with E-state index in [9.17, 15) is 0 Å². The highest BCUT2D eigenvalue weighted by molar-refractivity contribution is 7.80. The molecule has 2 aromatic rings. The van der Waals surface area contributed by atoms with Gasteiger partial charge in [-0.1, -0.05) is 11.6 Å². The summed E-state index contributed by atoms with van der Waals surface area (Å²) in [4.78, 5) is 4.13. The summed E-state index contributed by atoms with van der Waals surface area (Å²) in [5.74, 6) is 0.997. The van der Waals surface area contributed by atoms with Crippen LogP contribution in [0, 0.1) is 0 Å². The number of nitrogens with zero attached hydrogens (tertiary/aromatic N) is 4. The van der Waals surface area contributed by atoms with Crippen molar-refractivity contribution in [1.82, 2.24) is 25.3 Å². The van der Waals surface area contributed by atoms with Gasteiger partial charge in [0.05, 0.1) is 6.54 Å². The lowest BCUT2D eigenvalue weighted by atomic mass is 10.2. The van der Waals surface area contributed by atoms with Crippen molar-refractivity contribution in [2.75, 3.05) is 27.2 Å². The van der Waals surface area contributed by atoms with Gasteiger partial charge in [0.2, 0.25) is 11.8 Å². The number of rotatable bonds is 7. The summed E-state index contributed by atoms with van der Waals surface area (Å²) < 4.78 is 5.78. The quantitative estimate of drug-likeness (QED) is 0.739. The molecule has 0 aliphatic heterocycles. The number of hydrogen-bond donors (Lipinski definition) is 1. The van der Waals surface area contributed by atoms with Crippen LogP contribution in [0.1, 0.15) is 19.7 Å². The van der Waals surface area contributed by atoms with Crippen molar-refractivity contribution >= 4 is 28.9 Å². The highest BCUT2D eigenvalue weighted by Crippen LogP contribution is 2.21. The van der Waals surface area contributed by atoms with E-state index in [0.717, 1.165) is 18.7 Å². The zero-order valence-corrected chi connectivity index (χ0v) is 16.6. The number of benzene rings is 1. The lowest BCUT2D eigenvalue weighted by Crippen LogP contribution is -2.45. The number of likely N-dealkylation sites (N-methyl/N-ethyl adjacent to an activating group) is 1. The Labute approximate surface area is 159 Å². The average Bonchev–Trinajstić information content (AvgIpc) is 3.01. The van der Waals surface area contributed by atoms with Crippen molar-refractivity contribution < 1.29 is 4.42 Å². The van der Waals surface area contributed by atoms with Crippen LogP contribution in [-0.4, -0.2) is 58.3 Å². The van der Waals surface area contributed by atoms with Gasteiger partial charge in [0, 0.05) is 29.7 Å². The normalized spacial score (nSPS) is 11.2. The minimum atomic E-state index is 0.213. The number of thiocarbonyl (C=S) groups is 1. The number of halogens is 1. The van der Waals surface area contributed by atoms with Crippen molar-refractivity contribution in [3.63, 3.8) is 0 Å². The van der Waals surface area contributed by atoms with Crippen molar-refractivity contribution in [2.24, 2.45) is 0 Å². The molecule has 136 valence electrons. The summed E-state index contributed by atoms with van der Waals surface area (Å²) in [6, 6.07) is 7.52. The third kappa shape index (κ3) is 5.95. The molecule has 1 heterocycles. The van der Waals surface area contributed by atoms with Crippen LogP contribution in [0.25, 0.3) is 11.5 Å². The molecule has 0 saturated carbocycles. The molecule has 0 atom stereocenters. The molecule has 0 spiro atoms. The Kier molecular flexibility index (Phi) is 7.16. The summed E-state index contributed by atoms with van der Waals surface area (Å²) in [6.45, 7) is 6.32. The smallest absolute Gasteiger partial charge is 0.247 e. The third-order valence-electron chi connectivity index (χ3n) is 3.58. The monoisotopic (exact) mass is 381 g/mol. The second-order valence-corrected chi connectivity index (χ2v) is 7.09. The van der Waals surface area contributed by atoms with E-state index in [1.807, 2.05) is 31.1 Å². The van der Waals surface area contributed by atoms with Crippen LogP contribution in [0.2, 0.25) is 5.02 Å². The molecular formula is C17H24ClN5OS. The van der Waals surface area contributed by atoms with Crippen LogP contribution in [-0.2, 0) is 6.54 Å². The topological polar surface area (TPSA) is 57.4 Å². The molecule has 0 fully saturated rings. The van der Waals surface area contributed by atoms with Crippen LogP contribution < -0.4 is 5.32 Å². The minimum absolute atomic E-state index is 0.213. The molecular weight excluding hydrogens is 358 g/mol. The minimum Gasteiger partial charge on any atom is -0.419 e. The molecule has 0 aliphatic rings. The van der Waals surface area contributed by atoms with Gasteiger partial charge in [-0.2, -0.15) is 0 Å². The van der Waals surface area contributed by atoms with Gasteiger partial charge in [0.25, 0.3) is 0 Å². The van der Waals surface area contributed by atoms with Crippen molar-refractivity contribution in [3.8, 4) is 11.5 Å². The molecule has 0 radical (unpaired) electrons. The zero-order valence-electron chi connectivity index (χ0n) is 15.0. The van der Waals surface area contributed by atoms with Crippen LogP contribution in [0.5, 0.6) is 0 Å². The SMILES string of the molecule is CC(C)N(Cc1nnc(-c2ccc(Cl)cc2)o1)C(=S)NCCN(C)C. The van der Waals surface area contributed by atoms with Gasteiger partial charge >= 0.3 is 0 Å². The van der Waals surface area contributed by atoms with Gasteiger partial charge in [-0.05, 0) is 64.4 Å². The van der Waals surface area contributed by atoms with Gasteiger partial charge in [0.1, 0.15) is 0 Å². The maximum Gasteiger partial charge on any atom is 0.247 e. The van der Waals surface area contributed by atoms with Gasteiger partial charge in [0.15, 0.2) is 5.11 Å². The summed E-state index contributed by atoms with van der Waals surface area (Å²) in [5.41, 5.74) is 0.839. The van der Waals surface area contributed by atoms with Gasteiger partial charge in [-0.3, -0.25) is 0 Å². The molecule has 1 aromatic heterocycles. The van der Waals surface area contributed by atoms with Gasteiger partial charge in [-0.15, -0.1) is 10.2 Å². The Morgan fingerprint density at radius 3 is 2.52 bits per heavy atom. The van der Waals surface area contributed by atoms with Crippen LogP contribution in [0.3, 0.4) is 0 Å². The standard InChI is InChI=1S/C17H24ClN5OS/c1-12(2)23(17(25)19-9-10-22(3)4)11-15-20-21-16(24-15)13-5-7-14(18)8-6-13/h5-8,12H,9-11H2,1-4H3,(H,19,25). The maximum absolute atomic E-state index is 5.91. The van der Waals surface area contributed by atoms with Crippen molar-refractivity contribution in [2.45, 2.75) is 26.4 Å². The fourth-order valence-corrected chi connectivity index (χ4v) is 2.65. The Morgan fingerprint density at radius 1 is 1.24 bits per heavy atom. The Balaban J connectivity index is 2.02. The largest absolute Gasteiger partial charge is 0.419 e. The molecule has 0 unspecified atom stereocenters. The summed E-state index contributed by atoms with van der Waals surface area (Å²) >= 11 is 11.4. The van der Waals surface area contributed by atoms with E-state index in [1.54, 1.807) is 12.1 Å². The van der Waals surface area contributed by atoms with E-state index >= 15 is 0 Å². The molecule has 2 rings (SSSR count). The van der Waals surface area contributed by atoms with Gasteiger partial charge in [-0.25, -0.2) is 0 Å². The second-order valence-electron chi connectivity index (χ2n) is 6.26. The number of hydrogen-bond acceptors (Lipinski definition) is 5. The Bertz CT molecular complexity index is 687. The van der Waals surface area contributed by atoms with E-state index < -0.39 is 0 Å². The summed E-state index contributed by atoms with van der Waals surface area (Å²) in [5, 5.41) is 12.9. The van der Waals surface area contributed by atoms with Crippen LogP contribution in [0.4, 0.5) is 0 Å². The maximum atomic E-state index is 5.91. The first-order valence-electron chi connectivity index (χ1n) is 8.14. The zero-order chi connectivity index (χ0) is 18.4. The van der Waals surface area contributed by atoms with Crippen molar-refractivity contribution in [1.29, 1.82) is 0 Å². The average molecular weight is 382 g/mol. The van der Waals surface area contributed by atoms with E-state index in [1.165, 1.54) is 0 Å². The fraction of sp³-hybridized carbons (Fsp3) is 0.471. The van der Waals surface area contributed by atoms with E-state index in [2.05, 4.69) is 34.3 Å². The molecule has 0 bridgehead atoms. The Hall–Kier alpha value is -1.70. The first-order valence-corrected chi connectivity index (χ1v) is 8.93. The molecule has 6 nitrogen and oxygen atoms in total. The molecule has 0 aliphatic carbocycles. The van der Waals surface area contributed by atoms with E-state index in [4.69, 9.17) is 28.2 Å². The molecule has 1 N–H and O–H groups in total. The molecule has 8 heteroatoms. The molecule has 0 saturated heterocycles. The lowest BCUT2D eigenvalue weighted by molar-refractivity contribution is 0.299. The summed E-state index contributed by atoms with van der Waals surface area (Å²) in [7, 11) is 4.06. The first kappa shape index (κ1) is 19.6. The number of aromatic nitrogens is 2. The number of nitrogens with one attached hydrogen (secondary N) is 1. The van der Waals surface area contributed by atoms with Gasteiger partial charge < -0.3 is 19.5 Å². The first-order chi connectivity index (χ1) is 11.9. The lowest BCUT2D eigenvalue weighted by Gasteiger charge is -2.28. The third-order valence-corrected chi connectivity index (χ3v) is 4.21. The molecule has 25 heavy (non-hydrogen) atoms. The highest BCUT2D eigenvalue weighted by Gasteiger charge is 2.18. The van der Waals surface area contributed by atoms with E-state index in [0.29, 0.717) is 28.5 Å². The predicted molar refractivity (Wildman–Crippen MR) is 105 cm³/mol. The predicted octanol–water partition coefficient (Wildman–Crippen LogP) is 3.04. The van der Waals surface area contributed by atoms with Crippen molar-refractivity contribution in [3.05, 3.63) is 35.2 Å². The highest BCUT2D eigenvalue weighted by atomic mass is 35.5. The Morgan fingerprint density at radius 2 is 1.92 bits per heavy atom. The van der Waals surface area contributed by atoms with E-state index in [-0.39, 0.29) is 6.04 Å². The second kappa shape index (κ2) is 9.12. The molecule has 0 amide bonds. The fourth-order valence-electron chi connectivity index (χ4n) is 2.15.